The van der Waals surface area contributed by atoms with Gasteiger partial charge in [0.25, 0.3) is 0 Å². The number of nitrogens with one attached hydrogen (secondary N) is 2. The summed E-state index contributed by atoms with van der Waals surface area (Å²) < 4.78 is 1.81. The van der Waals surface area contributed by atoms with Gasteiger partial charge in [0.05, 0.1) is 11.4 Å². The molecule has 0 atom stereocenters. The summed E-state index contributed by atoms with van der Waals surface area (Å²) in [6.07, 6.45) is 3.30. The first kappa shape index (κ1) is 15.5. The van der Waals surface area contributed by atoms with Gasteiger partial charge in [0.2, 0.25) is 0 Å². The minimum atomic E-state index is 0.446. The number of nitrogen functional groups attached to an aromatic ring is 1. The normalized spacial score (nSPS) is 11.3. The fraction of sp³-hybridized carbons (Fsp3) is 0.0556. The van der Waals surface area contributed by atoms with Gasteiger partial charge in [-0.15, -0.1) is 0 Å². The second-order valence-corrected chi connectivity index (χ2v) is 5.42. The number of para-hydroxylation sites is 1. The Morgan fingerprint density at radius 1 is 1.08 bits per heavy atom. The second kappa shape index (κ2) is 6.78. The molecule has 0 fully saturated rings. The van der Waals surface area contributed by atoms with Crippen LogP contribution in [0.25, 0.3) is 11.4 Å². The first-order chi connectivity index (χ1) is 11.6. The molecule has 0 spiro atoms. The highest BCUT2D eigenvalue weighted by molar-refractivity contribution is 5.69. The molecule has 1 aromatic heterocycles. The molecule has 0 aliphatic rings. The maximum atomic E-state index is 6.19. The van der Waals surface area contributed by atoms with Crippen molar-refractivity contribution in [2.24, 2.45) is 5.73 Å². The molecule has 3 aromatic rings. The number of imidazole rings is 1. The molecule has 0 radical (unpaired) electrons. The van der Waals surface area contributed by atoms with Gasteiger partial charge in [-0.25, -0.2) is 4.98 Å². The molecular formula is C18H20N6. The van der Waals surface area contributed by atoms with Gasteiger partial charge in [0.15, 0.2) is 0 Å². The maximum Gasteiger partial charge on any atom is 0.137 e. The van der Waals surface area contributed by atoms with Crippen molar-refractivity contribution in [3.8, 4) is 5.69 Å². The predicted octanol–water partition coefficient (Wildman–Crippen LogP) is 2.64. The van der Waals surface area contributed by atoms with Crippen LogP contribution in [-0.2, 0) is 0 Å². The van der Waals surface area contributed by atoms with Crippen LogP contribution in [0, 0.1) is 6.92 Å². The standard InChI is InChI=1S/C18H20N6/c1-13-7-9-15(10-8-13)24-12-21-17(18(24)20)16(19)11-22-23-14-5-3-2-4-6-14/h2-12,22-23H,19-20H2,1H3/b16-11-. The molecule has 24 heavy (non-hydrogen) atoms. The van der Waals surface area contributed by atoms with Crippen LogP contribution < -0.4 is 22.3 Å². The lowest BCUT2D eigenvalue weighted by atomic mass is 10.2. The molecular weight excluding hydrogens is 300 g/mol. The third-order valence-electron chi connectivity index (χ3n) is 3.61. The summed E-state index contributed by atoms with van der Waals surface area (Å²) in [6.45, 7) is 2.04. The average molecular weight is 320 g/mol. The molecule has 6 nitrogen and oxygen atoms in total. The van der Waals surface area contributed by atoms with Crippen LogP contribution in [0.3, 0.4) is 0 Å². The highest BCUT2D eigenvalue weighted by Gasteiger charge is 2.11. The summed E-state index contributed by atoms with van der Waals surface area (Å²) in [6, 6.07) is 17.8. The van der Waals surface area contributed by atoms with E-state index in [0.717, 1.165) is 11.4 Å². The zero-order valence-electron chi connectivity index (χ0n) is 13.4. The number of nitrogens with two attached hydrogens (primary N) is 2. The van der Waals surface area contributed by atoms with E-state index < -0.39 is 0 Å². The number of anilines is 2. The van der Waals surface area contributed by atoms with E-state index in [1.165, 1.54) is 5.56 Å². The Hall–Kier alpha value is -3.41. The number of benzene rings is 2. The SMILES string of the molecule is Cc1ccc(-n2cnc(/C(N)=C/NNc3ccccc3)c2N)cc1. The first-order valence-electron chi connectivity index (χ1n) is 7.57. The molecule has 6 N–H and O–H groups in total. The summed E-state index contributed by atoms with van der Waals surface area (Å²) in [5, 5.41) is 0. The predicted molar refractivity (Wildman–Crippen MR) is 98.1 cm³/mol. The molecule has 0 saturated heterocycles. The number of hydrogen-bond acceptors (Lipinski definition) is 5. The third kappa shape index (κ3) is 3.33. The Morgan fingerprint density at radius 2 is 1.79 bits per heavy atom. The van der Waals surface area contributed by atoms with Gasteiger partial charge in [-0.05, 0) is 31.2 Å². The topological polar surface area (TPSA) is 93.9 Å². The molecule has 122 valence electrons. The van der Waals surface area contributed by atoms with Crippen molar-refractivity contribution in [2.75, 3.05) is 11.2 Å². The van der Waals surface area contributed by atoms with Crippen LogP contribution in [0.2, 0.25) is 0 Å². The Labute approximate surface area is 140 Å². The molecule has 0 unspecified atom stereocenters. The maximum absolute atomic E-state index is 6.19. The Bertz CT molecular complexity index is 834. The van der Waals surface area contributed by atoms with E-state index in [1.54, 1.807) is 17.1 Å². The Morgan fingerprint density at radius 3 is 2.50 bits per heavy atom. The van der Waals surface area contributed by atoms with Gasteiger partial charge in [-0.3, -0.25) is 4.57 Å². The van der Waals surface area contributed by atoms with Gasteiger partial charge in [-0.2, -0.15) is 0 Å². The monoisotopic (exact) mass is 320 g/mol. The molecule has 0 aliphatic carbocycles. The Balaban J connectivity index is 1.74. The molecule has 0 aliphatic heterocycles. The van der Waals surface area contributed by atoms with Gasteiger partial charge in [-0.1, -0.05) is 35.9 Å². The zero-order valence-corrected chi connectivity index (χ0v) is 13.4. The molecule has 0 amide bonds. The van der Waals surface area contributed by atoms with Crippen molar-refractivity contribution in [2.45, 2.75) is 6.92 Å². The molecule has 3 rings (SSSR count). The number of aromatic nitrogens is 2. The van der Waals surface area contributed by atoms with Crippen LogP contribution in [0.5, 0.6) is 0 Å². The van der Waals surface area contributed by atoms with Crippen molar-refractivity contribution in [1.29, 1.82) is 0 Å². The average Bonchev–Trinajstić information content (AvgIpc) is 2.98. The third-order valence-corrected chi connectivity index (χ3v) is 3.61. The van der Waals surface area contributed by atoms with E-state index in [2.05, 4.69) is 15.8 Å². The van der Waals surface area contributed by atoms with Crippen molar-refractivity contribution in [1.82, 2.24) is 15.0 Å². The Kier molecular flexibility index (Phi) is 4.38. The van der Waals surface area contributed by atoms with Crippen LogP contribution in [-0.4, -0.2) is 9.55 Å². The van der Waals surface area contributed by atoms with Gasteiger partial charge in [0.1, 0.15) is 17.8 Å². The number of rotatable bonds is 5. The fourth-order valence-electron chi connectivity index (χ4n) is 2.28. The van der Waals surface area contributed by atoms with Crippen molar-refractivity contribution in [3.05, 3.63) is 78.4 Å². The summed E-state index contributed by atoms with van der Waals surface area (Å²) in [5.41, 5.74) is 22.3. The van der Waals surface area contributed by atoms with Crippen LogP contribution in [0.4, 0.5) is 11.5 Å². The smallest absolute Gasteiger partial charge is 0.137 e. The molecule has 2 aromatic carbocycles. The number of aryl methyl sites for hydroxylation is 1. The summed E-state index contributed by atoms with van der Waals surface area (Å²) in [4.78, 5) is 4.32. The highest BCUT2D eigenvalue weighted by Crippen LogP contribution is 2.20. The van der Waals surface area contributed by atoms with Crippen molar-refractivity contribution >= 4 is 17.2 Å². The van der Waals surface area contributed by atoms with Gasteiger partial charge < -0.3 is 22.3 Å². The van der Waals surface area contributed by atoms with Crippen molar-refractivity contribution < 1.29 is 0 Å². The lowest BCUT2D eigenvalue weighted by Crippen LogP contribution is -2.17. The number of nitrogens with zero attached hydrogens (tertiary/aromatic N) is 2. The molecule has 0 bridgehead atoms. The molecule has 0 saturated carbocycles. The number of hydrogen-bond donors (Lipinski definition) is 4. The van der Waals surface area contributed by atoms with E-state index in [-0.39, 0.29) is 0 Å². The van der Waals surface area contributed by atoms with E-state index in [9.17, 15) is 0 Å². The van der Waals surface area contributed by atoms with E-state index in [0.29, 0.717) is 17.2 Å². The molecule has 6 heteroatoms. The van der Waals surface area contributed by atoms with Gasteiger partial charge in [0, 0.05) is 11.9 Å². The summed E-state index contributed by atoms with van der Waals surface area (Å²) in [5.74, 6) is 0.495. The van der Waals surface area contributed by atoms with E-state index in [4.69, 9.17) is 11.5 Å². The van der Waals surface area contributed by atoms with Crippen LogP contribution in [0.15, 0.2) is 67.1 Å². The van der Waals surface area contributed by atoms with E-state index >= 15 is 0 Å². The van der Waals surface area contributed by atoms with Crippen LogP contribution >= 0.6 is 0 Å². The largest absolute Gasteiger partial charge is 0.396 e. The zero-order chi connectivity index (χ0) is 16.9. The quantitative estimate of drug-likeness (QED) is 0.542. The lowest BCUT2D eigenvalue weighted by molar-refractivity contribution is 1.05. The number of hydrazine groups is 1. The minimum Gasteiger partial charge on any atom is -0.396 e. The minimum absolute atomic E-state index is 0.446. The molecule has 1 heterocycles. The summed E-state index contributed by atoms with van der Waals surface area (Å²) >= 11 is 0. The first-order valence-corrected chi connectivity index (χ1v) is 7.57. The van der Waals surface area contributed by atoms with Crippen molar-refractivity contribution in [3.63, 3.8) is 0 Å². The second-order valence-electron chi connectivity index (χ2n) is 5.42. The van der Waals surface area contributed by atoms with E-state index in [1.807, 2.05) is 61.5 Å². The fourth-order valence-corrected chi connectivity index (χ4v) is 2.28. The highest BCUT2D eigenvalue weighted by atomic mass is 15.3. The summed E-state index contributed by atoms with van der Waals surface area (Å²) in [7, 11) is 0. The lowest BCUT2D eigenvalue weighted by Gasteiger charge is -2.08. The van der Waals surface area contributed by atoms with Crippen LogP contribution in [0.1, 0.15) is 11.3 Å². The van der Waals surface area contributed by atoms with Gasteiger partial charge >= 0.3 is 0 Å².